The Labute approximate surface area is 126 Å². The van der Waals surface area contributed by atoms with Crippen molar-refractivity contribution in [2.45, 2.75) is 11.3 Å². The van der Waals surface area contributed by atoms with E-state index in [1.807, 2.05) is 12.1 Å². The summed E-state index contributed by atoms with van der Waals surface area (Å²) >= 11 is 3.22. The maximum Gasteiger partial charge on any atom is 0.240 e. The number of nitrogens with two attached hydrogens (primary N) is 1. The average Bonchev–Trinajstić information content (AvgIpc) is 2.43. The number of nitrogens with one attached hydrogen (secondary N) is 1. The van der Waals surface area contributed by atoms with Gasteiger partial charge in [0.2, 0.25) is 10.0 Å². The van der Waals surface area contributed by atoms with Crippen molar-refractivity contribution in [1.82, 2.24) is 9.71 Å². The Kier molecular flexibility index (Phi) is 4.74. The van der Waals surface area contributed by atoms with Crippen LogP contribution in [0.4, 0.5) is 5.69 Å². The lowest BCUT2D eigenvalue weighted by molar-refractivity contribution is 0.581. The lowest BCUT2D eigenvalue weighted by Gasteiger charge is -2.08. The van der Waals surface area contributed by atoms with Crippen LogP contribution in [0, 0.1) is 0 Å². The molecule has 3 N–H and O–H groups in total. The third-order valence-corrected chi connectivity index (χ3v) is 4.86. The number of nitrogen functional groups attached to an aromatic ring is 1. The van der Waals surface area contributed by atoms with Crippen LogP contribution in [-0.2, 0) is 16.4 Å². The number of halogens is 1. The minimum atomic E-state index is -3.53. The second-order valence-electron chi connectivity index (χ2n) is 4.19. The van der Waals surface area contributed by atoms with E-state index in [0.29, 0.717) is 23.1 Å². The van der Waals surface area contributed by atoms with Gasteiger partial charge in [-0.15, -0.1) is 0 Å². The van der Waals surface area contributed by atoms with Gasteiger partial charge < -0.3 is 5.73 Å². The van der Waals surface area contributed by atoms with E-state index >= 15 is 0 Å². The third kappa shape index (κ3) is 3.78. The molecular formula is C13H14BrN3O2S. The zero-order valence-corrected chi connectivity index (χ0v) is 13.0. The second kappa shape index (κ2) is 6.34. The zero-order valence-electron chi connectivity index (χ0n) is 10.6. The van der Waals surface area contributed by atoms with Crippen LogP contribution < -0.4 is 10.5 Å². The van der Waals surface area contributed by atoms with Crippen molar-refractivity contribution >= 4 is 31.6 Å². The molecule has 0 amide bonds. The summed E-state index contributed by atoms with van der Waals surface area (Å²) in [7, 11) is -3.53. The number of hydrogen-bond acceptors (Lipinski definition) is 4. The smallest absolute Gasteiger partial charge is 0.240 e. The number of hydrogen-bond donors (Lipinski definition) is 2. The summed E-state index contributed by atoms with van der Waals surface area (Å²) in [6.45, 7) is 0.315. The van der Waals surface area contributed by atoms with E-state index in [9.17, 15) is 8.42 Å². The molecule has 0 aliphatic rings. The van der Waals surface area contributed by atoms with E-state index in [1.165, 1.54) is 12.1 Å². The fraction of sp³-hybridized carbons (Fsp3) is 0.154. The minimum absolute atomic E-state index is 0.185. The van der Waals surface area contributed by atoms with Crippen LogP contribution in [-0.4, -0.2) is 19.9 Å². The second-order valence-corrected chi connectivity index (χ2v) is 6.81. The molecular weight excluding hydrogens is 342 g/mol. The van der Waals surface area contributed by atoms with Crippen LogP contribution in [0.25, 0.3) is 0 Å². The highest BCUT2D eigenvalue weighted by atomic mass is 79.9. The lowest BCUT2D eigenvalue weighted by Crippen LogP contribution is -2.26. The molecule has 20 heavy (non-hydrogen) atoms. The summed E-state index contributed by atoms with van der Waals surface area (Å²) < 4.78 is 27.3. The van der Waals surface area contributed by atoms with Gasteiger partial charge >= 0.3 is 0 Å². The molecule has 0 atom stereocenters. The summed E-state index contributed by atoms with van der Waals surface area (Å²) in [5.74, 6) is 0. The monoisotopic (exact) mass is 355 g/mol. The van der Waals surface area contributed by atoms with E-state index in [4.69, 9.17) is 5.73 Å². The number of rotatable bonds is 5. The first-order chi connectivity index (χ1) is 9.49. The number of sulfonamides is 1. The summed E-state index contributed by atoms with van der Waals surface area (Å²) in [6, 6.07) is 8.25. The van der Waals surface area contributed by atoms with Gasteiger partial charge in [-0.05, 0) is 52.2 Å². The normalized spacial score (nSPS) is 11.4. The molecule has 0 aliphatic heterocycles. The third-order valence-electron chi connectivity index (χ3n) is 2.71. The highest BCUT2D eigenvalue weighted by Crippen LogP contribution is 2.22. The van der Waals surface area contributed by atoms with E-state index in [1.54, 1.807) is 18.5 Å². The van der Waals surface area contributed by atoms with Gasteiger partial charge in [0.1, 0.15) is 0 Å². The largest absolute Gasteiger partial charge is 0.398 e. The first kappa shape index (κ1) is 15.0. The molecule has 0 bridgehead atoms. The topological polar surface area (TPSA) is 85.1 Å². The molecule has 106 valence electrons. The fourth-order valence-electron chi connectivity index (χ4n) is 1.63. The van der Waals surface area contributed by atoms with Gasteiger partial charge in [0, 0.05) is 29.1 Å². The molecule has 0 radical (unpaired) electrons. The van der Waals surface area contributed by atoms with Crippen LogP contribution in [0.1, 0.15) is 5.56 Å². The molecule has 1 heterocycles. The van der Waals surface area contributed by atoms with Crippen molar-refractivity contribution in [3.05, 3.63) is 52.8 Å². The van der Waals surface area contributed by atoms with Crippen LogP contribution in [0.3, 0.4) is 0 Å². The molecule has 0 saturated carbocycles. The van der Waals surface area contributed by atoms with Gasteiger partial charge in [0.25, 0.3) is 0 Å². The Morgan fingerprint density at radius 3 is 2.75 bits per heavy atom. The SMILES string of the molecule is Nc1ccc(S(=O)(=O)NCCc2cccnc2)cc1Br. The van der Waals surface area contributed by atoms with Crippen molar-refractivity contribution in [3.8, 4) is 0 Å². The summed E-state index contributed by atoms with van der Waals surface area (Å²) in [6.07, 6.45) is 3.98. The maximum absolute atomic E-state index is 12.1. The molecule has 0 fully saturated rings. The zero-order chi connectivity index (χ0) is 14.6. The standard InChI is InChI=1S/C13H14BrN3O2S/c14-12-8-11(3-4-13(12)15)20(18,19)17-7-5-10-2-1-6-16-9-10/h1-4,6,8-9,17H,5,7,15H2. The van der Waals surface area contributed by atoms with Crippen LogP contribution in [0.5, 0.6) is 0 Å². The average molecular weight is 356 g/mol. The van der Waals surface area contributed by atoms with Crippen molar-refractivity contribution in [3.63, 3.8) is 0 Å². The van der Waals surface area contributed by atoms with Gasteiger partial charge in [0.05, 0.1) is 4.90 Å². The number of nitrogens with zero attached hydrogens (tertiary/aromatic N) is 1. The Balaban J connectivity index is 2.02. The van der Waals surface area contributed by atoms with Crippen LogP contribution in [0.15, 0.2) is 52.1 Å². The highest BCUT2D eigenvalue weighted by Gasteiger charge is 2.14. The van der Waals surface area contributed by atoms with Gasteiger partial charge in [0.15, 0.2) is 0 Å². The van der Waals surface area contributed by atoms with E-state index in [-0.39, 0.29) is 4.90 Å². The van der Waals surface area contributed by atoms with Crippen molar-refractivity contribution in [2.75, 3.05) is 12.3 Å². The fourth-order valence-corrected chi connectivity index (χ4v) is 3.22. The Hall–Kier alpha value is -1.44. The van der Waals surface area contributed by atoms with Gasteiger partial charge in [-0.3, -0.25) is 4.98 Å². The number of aromatic nitrogens is 1. The van der Waals surface area contributed by atoms with Crippen LogP contribution in [0.2, 0.25) is 0 Å². The molecule has 1 aromatic heterocycles. The quantitative estimate of drug-likeness (QED) is 0.802. The molecule has 2 aromatic rings. The molecule has 0 spiro atoms. The lowest BCUT2D eigenvalue weighted by atomic mass is 10.2. The van der Waals surface area contributed by atoms with E-state index < -0.39 is 10.0 Å². The van der Waals surface area contributed by atoms with Crippen molar-refractivity contribution in [1.29, 1.82) is 0 Å². The Morgan fingerprint density at radius 2 is 2.10 bits per heavy atom. The summed E-state index contributed by atoms with van der Waals surface area (Å²) in [4.78, 5) is 4.17. The predicted molar refractivity (Wildman–Crippen MR) is 81.7 cm³/mol. The van der Waals surface area contributed by atoms with Crippen molar-refractivity contribution < 1.29 is 8.42 Å². The number of benzene rings is 1. The molecule has 0 unspecified atom stereocenters. The maximum atomic E-state index is 12.1. The first-order valence-electron chi connectivity index (χ1n) is 5.92. The molecule has 2 rings (SSSR count). The first-order valence-corrected chi connectivity index (χ1v) is 8.20. The molecule has 7 heteroatoms. The molecule has 1 aromatic carbocycles. The predicted octanol–water partition coefficient (Wildman–Crippen LogP) is 1.95. The highest BCUT2D eigenvalue weighted by molar-refractivity contribution is 9.10. The molecule has 0 saturated heterocycles. The minimum Gasteiger partial charge on any atom is -0.398 e. The van der Waals surface area contributed by atoms with Gasteiger partial charge in [-0.2, -0.15) is 0 Å². The van der Waals surface area contributed by atoms with Gasteiger partial charge in [-0.25, -0.2) is 13.1 Å². The molecule has 0 aliphatic carbocycles. The molecule has 5 nitrogen and oxygen atoms in total. The Bertz CT molecular complexity index is 690. The van der Waals surface area contributed by atoms with Crippen molar-refractivity contribution in [2.24, 2.45) is 0 Å². The van der Waals surface area contributed by atoms with Crippen LogP contribution >= 0.6 is 15.9 Å². The van der Waals surface area contributed by atoms with E-state index in [0.717, 1.165) is 5.56 Å². The van der Waals surface area contributed by atoms with Gasteiger partial charge in [-0.1, -0.05) is 6.07 Å². The summed E-state index contributed by atoms with van der Waals surface area (Å²) in [5.41, 5.74) is 7.12. The Morgan fingerprint density at radius 1 is 1.30 bits per heavy atom. The number of anilines is 1. The number of pyridine rings is 1. The van der Waals surface area contributed by atoms with E-state index in [2.05, 4.69) is 25.6 Å². The summed E-state index contributed by atoms with van der Waals surface area (Å²) in [5, 5.41) is 0.